The van der Waals surface area contributed by atoms with Crippen LogP contribution in [-0.2, 0) is 0 Å². The standard InChI is InChI=1S/C6H14N2S/c1-2-3-4-5-6(9)8-7/h2-5,7H2,1H3,(H,8,9). The predicted molar refractivity (Wildman–Crippen MR) is 44.1 cm³/mol. The van der Waals surface area contributed by atoms with Crippen molar-refractivity contribution in [3.8, 4) is 0 Å². The molecule has 0 aromatic carbocycles. The lowest BCUT2D eigenvalue weighted by Gasteiger charge is -1.99. The quantitative estimate of drug-likeness (QED) is 0.272. The van der Waals surface area contributed by atoms with Crippen LogP contribution in [0.25, 0.3) is 0 Å². The average Bonchev–Trinajstić information content (AvgIpc) is 1.89. The Labute approximate surface area is 61.8 Å². The van der Waals surface area contributed by atoms with E-state index in [1.807, 2.05) is 0 Å². The number of hydrazine groups is 1. The Kier molecular flexibility index (Phi) is 5.88. The Balaban J connectivity index is 2.97. The van der Waals surface area contributed by atoms with Crippen LogP contribution in [0, 0.1) is 0 Å². The van der Waals surface area contributed by atoms with Crippen LogP contribution in [0.2, 0.25) is 0 Å². The van der Waals surface area contributed by atoms with E-state index in [0.29, 0.717) is 0 Å². The molecule has 0 rings (SSSR count). The fourth-order valence-electron chi connectivity index (χ4n) is 0.608. The molecule has 0 fully saturated rings. The van der Waals surface area contributed by atoms with Crippen LogP contribution in [0.15, 0.2) is 0 Å². The lowest BCUT2D eigenvalue weighted by Crippen LogP contribution is -2.27. The zero-order valence-electron chi connectivity index (χ0n) is 5.81. The van der Waals surface area contributed by atoms with Crippen molar-refractivity contribution in [1.82, 2.24) is 5.43 Å². The van der Waals surface area contributed by atoms with Crippen LogP contribution in [-0.4, -0.2) is 4.99 Å². The minimum atomic E-state index is 0.767. The average molecular weight is 146 g/mol. The van der Waals surface area contributed by atoms with Gasteiger partial charge in [-0.05, 0) is 12.8 Å². The van der Waals surface area contributed by atoms with Gasteiger partial charge < -0.3 is 5.43 Å². The van der Waals surface area contributed by atoms with Crippen molar-refractivity contribution in [1.29, 1.82) is 0 Å². The summed E-state index contributed by atoms with van der Waals surface area (Å²) in [4.78, 5) is 0.767. The van der Waals surface area contributed by atoms with Gasteiger partial charge in [-0.15, -0.1) is 0 Å². The topological polar surface area (TPSA) is 38.0 Å². The molecule has 0 spiro atoms. The highest BCUT2D eigenvalue weighted by Crippen LogP contribution is 1.98. The molecule has 0 bridgehead atoms. The summed E-state index contributed by atoms with van der Waals surface area (Å²) in [6, 6.07) is 0. The van der Waals surface area contributed by atoms with Gasteiger partial charge in [0.05, 0.1) is 4.99 Å². The van der Waals surface area contributed by atoms with Crippen molar-refractivity contribution in [3.63, 3.8) is 0 Å². The van der Waals surface area contributed by atoms with E-state index >= 15 is 0 Å². The first-order chi connectivity index (χ1) is 4.31. The van der Waals surface area contributed by atoms with E-state index in [1.54, 1.807) is 0 Å². The van der Waals surface area contributed by atoms with Gasteiger partial charge in [-0.3, -0.25) is 5.84 Å². The van der Waals surface area contributed by atoms with E-state index in [0.717, 1.165) is 17.8 Å². The van der Waals surface area contributed by atoms with Gasteiger partial charge in [0, 0.05) is 0 Å². The van der Waals surface area contributed by atoms with Gasteiger partial charge >= 0.3 is 0 Å². The van der Waals surface area contributed by atoms with E-state index in [2.05, 4.69) is 12.3 Å². The third kappa shape index (κ3) is 5.73. The molecule has 0 heterocycles. The molecule has 0 saturated heterocycles. The molecule has 0 saturated carbocycles. The van der Waals surface area contributed by atoms with Gasteiger partial charge in [-0.1, -0.05) is 32.0 Å². The second-order valence-corrected chi connectivity index (χ2v) is 2.52. The van der Waals surface area contributed by atoms with Crippen molar-refractivity contribution >= 4 is 17.2 Å². The molecule has 0 unspecified atom stereocenters. The smallest absolute Gasteiger partial charge is 0.0893 e. The van der Waals surface area contributed by atoms with Crippen molar-refractivity contribution < 1.29 is 0 Å². The molecule has 3 heteroatoms. The molecule has 9 heavy (non-hydrogen) atoms. The minimum Gasteiger partial charge on any atom is -0.318 e. The summed E-state index contributed by atoms with van der Waals surface area (Å²) in [6.45, 7) is 2.17. The number of thiocarbonyl (C=S) groups is 1. The molecular formula is C6H14N2S. The molecule has 0 atom stereocenters. The molecule has 0 aromatic rings. The van der Waals surface area contributed by atoms with E-state index in [4.69, 9.17) is 18.1 Å². The predicted octanol–water partition coefficient (Wildman–Crippen LogP) is 1.36. The number of unbranched alkanes of at least 4 members (excludes halogenated alkanes) is 2. The van der Waals surface area contributed by atoms with Gasteiger partial charge in [0.1, 0.15) is 0 Å². The van der Waals surface area contributed by atoms with Crippen LogP contribution in [0.3, 0.4) is 0 Å². The summed E-state index contributed by atoms with van der Waals surface area (Å²) in [5.74, 6) is 5.06. The van der Waals surface area contributed by atoms with Crippen LogP contribution in [0.4, 0.5) is 0 Å². The molecular weight excluding hydrogens is 132 g/mol. The number of rotatable bonds is 4. The summed E-state index contributed by atoms with van der Waals surface area (Å²) < 4.78 is 0. The van der Waals surface area contributed by atoms with Crippen molar-refractivity contribution in [2.75, 3.05) is 0 Å². The maximum Gasteiger partial charge on any atom is 0.0893 e. The van der Waals surface area contributed by atoms with Gasteiger partial charge in [0.15, 0.2) is 0 Å². The summed E-state index contributed by atoms with van der Waals surface area (Å²) in [7, 11) is 0. The second kappa shape index (κ2) is 5.98. The molecule has 0 aliphatic rings. The Bertz CT molecular complexity index is 83.1. The Morgan fingerprint density at radius 3 is 2.67 bits per heavy atom. The van der Waals surface area contributed by atoms with Crippen molar-refractivity contribution in [2.24, 2.45) is 5.84 Å². The highest BCUT2D eigenvalue weighted by Gasteiger charge is 1.90. The van der Waals surface area contributed by atoms with E-state index in [-0.39, 0.29) is 0 Å². The lowest BCUT2D eigenvalue weighted by atomic mass is 10.2. The first kappa shape index (κ1) is 8.85. The number of nitrogens with one attached hydrogen (secondary N) is 1. The summed E-state index contributed by atoms with van der Waals surface area (Å²) in [5.41, 5.74) is 2.46. The van der Waals surface area contributed by atoms with Crippen molar-refractivity contribution in [3.05, 3.63) is 0 Å². The van der Waals surface area contributed by atoms with Crippen LogP contribution >= 0.6 is 12.2 Å². The van der Waals surface area contributed by atoms with Crippen molar-refractivity contribution in [2.45, 2.75) is 32.6 Å². The Morgan fingerprint density at radius 1 is 1.56 bits per heavy atom. The molecule has 0 aliphatic carbocycles. The Morgan fingerprint density at radius 2 is 2.22 bits per heavy atom. The fourth-order valence-corrected chi connectivity index (χ4v) is 0.752. The third-order valence-corrected chi connectivity index (χ3v) is 1.49. The highest BCUT2D eigenvalue weighted by atomic mass is 32.1. The summed E-state index contributed by atoms with van der Waals surface area (Å²) in [6.07, 6.45) is 4.55. The molecule has 54 valence electrons. The SMILES string of the molecule is CCCCCC(=S)NN. The Hall–Kier alpha value is -0.150. The first-order valence-electron chi connectivity index (χ1n) is 3.30. The molecule has 0 radical (unpaired) electrons. The summed E-state index contributed by atoms with van der Waals surface area (Å²) in [5, 5.41) is 0. The van der Waals surface area contributed by atoms with Crippen LogP contribution < -0.4 is 11.3 Å². The first-order valence-corrected chi connectivity index (χ1v) is 3.71. The largest absolute Gasteiger partial charge is 0.318 e. The molecule has 2 nitrogen and oxygen atoms in total. The van der Waals surface area contributed by atoms with Gasteiger partial charge in [-0.25, -0.2) is 0 Å². The number of hydrogen-bond donors (Lipinski definition) is 2. The lowest BCUT2D eigenvalue weighted by molar-refractivity contribution is 0.735. The maximum absolute atomic E-state index is 5.06. The fraction of sp³-hybridized carbons (Fsp3) is 0.833. The number of hydrogen-bond acceptors (Lipinski definition) is 2. The van der Waals surface area contributed by atoms with Gasteiger partial charge in [-0.2, -0.15) is 0 Å². The summed E-state index contributed by atoms with van der Waals surface area (Å²) >= 11 is 4.83. The molecule has 0 aromatic heterocycles. The highest BCUT2D eigenvalue weighted by molar-refractivity contribution is 7.80. The van der Waals surface area contributed by atoms with Crippen LogP contribution in [0.1, 0.15) is 32.6 Å². The normalized spacial score (nSPS) is 9.11. The number of nitrogens with two attached hydrogens (primary N) is 1. The monoisotopic (exact) mass is 146 g/mol. The van der Waals surface area contributed by atoms with Crippen LogP contribution in [0.5, 0.6) is 0 Å². The zero-order chi connectivity index (χ0) is 7.11. The van der Waals surface area contributed by atoms with E-state index < -0.39 is 0 Å². The third-order valence-electron chi connectivity index (χ3n) is 1.17. The van der Waals surface area contributed by atoms with Gasteiger partial charge in [0.2, 0.25) is 0 Å². The zero-order valence-corrected chi connectivity index (χ0v) is 6.63. The molecule has 3 N–H and O–H groups in total. The minimum absolute atomic E-state index is 0.767. The van der Waals surface area contributed by atoms with Gasteiger partial charge in [0.25, 0.3) is 0 Å². The second-order valence-electron chi connectivity index (χ2n) is 2.02. The molecule has 0 amide bonds. The van der Waals surface area contributed by atoms with E-state index in [1.165, 1.54) is 12.8 Å². The van der Waals surface area contributed by atoms with E-state index in [9.17, 15) is 0 Å². The maximum atomic E-state index is 5.06. The molecule has 0 aliphatic heterocycles.